The van der Waals surface area contributed by atoms with Gasteiger partial charge in [-0.2, -0.15) is 5.26 Å². The van der Waals surface area contributed by atoms with Crippen LogP contribution in [0.4, 0.5) is 0 Å². The van der Waals surface area contributed by atoms with E-state index >= 15 is 0 Å². The van der Waals surface area contributed by atoms with Crippen molar-refractivity contribution < 1.29 is 0 Å². The largest absolute Gasteiger partial charge is 0.322 e. The van der Waals surface area contributed by atoms with E-state index in [1.54, 1.807) is 0 Å². The van der Waals surface area contributed by atoms with Crippen LogP contribution >= 0.6 is 0 Å². The highest BCUT2D eigenvalue weighted by molar-refractivity contribution is 5.65. The molecule has 0 atom stereocenters. The van der Waals surface area contributed by atoms with E-state index in [-0.39, 0.29) is 0 Å². The minimum atomic E-state index is 0.813. The molecule has 0 aliphatic carbocycles. The third-order valence-corrected chi connectivity index (χ3v) is 5.39. The molecule has 0 bridgehead atoms. The average Bonchev–Trinajstić information content (AvgIpc) is 3.02. The van der Waals surface area contributed by atoms with Crippen molar-refractivity contribution in [3.05, 3.63) is 77.1 Å². The van der Waals surface area contributed by atoms with E-state index in [1.807, 2.05) is 24.4 Å². The van der Waals surface area contributed by atoms with Crippen molar-refractivity contribution >= 4 is 5.52 Å². The molecule has 3 heterocycles. The van der Waals surface area contributed by atoms with Gasteiger partial charge in [-0.15, -0.1) is 0 Å². The van der Waals surface area contributed by atoms with Gasteiger partial charge in [0.15, 0.2) is 0 Å². The maximum atomic E-state index is 9.58. The van der Waals surface area contributed by atoms with Gasteiger partial charge >= 0.3 is 0 Å². The first kappa shape index (κ1) is 16.8. The Morgan fingerprint density at radius 3 is 2.23 bits per heavy atom. The summed E-state index contributed by atoms with van der Waals surface area (Å²) in [6, 6.07) is 17.1. The number of nitrogens with zero attached hydrogens (tertiary/aromatic N) is 4. The fraction of sp³-hybridized carbons (Fsp3) is 0.318. The number of aromatic nitrogens is 1. The summed E-state index contributed by atoms with van der Waals surface area (Å²) in [4.78, 5) is 4.99. The zero-order valence-corrected chi connectivity index (χ0v) is 15.2. The predicted molar refractivity (Wildman–Crippen MR) is 104 cm³/mol. The van der Waals surface area contributed by atoms with Crippen molar-refractivity contribution in [3.63, 3.8) is 0 Å². The molecule has 0 radical (unpaired) electrons. The zero-order valence-electron chi connectivity index (χ0n) is 15.2. The Morgan fingerprint density at radius 1 is 0.885 bits per heavy atom. The van der Waals surface area contributed by atoms with Crippen molar-refractivity contribution in [1.29, 1.82) is 5.26 Å². The van der Waals surface area contributed by atoms with Gasteiger partial charge in [0.2, 0.25) is 0 Å². The van der Waals surface area contributed by atoms with Gasteiger partial charge in [-0.05, 0) is 30.2 Å². The first-order valence-corrected chi connectivity index (χ1v) is 9.22. The SMILES string of the molecule is Cc1ccccc1CN1CCN(Cc2cn3ccccc3c2C#N)CC1. The van der Waals surface area contributed by atoms with Crippen molar-refractivity contribution in [2.45, 2.75) is 20.0 Å². The quantitative estimate of drug-likeness (QED) is 0.727. The number of nitriles is 1. The Hall–Kier alpha value is -2.61. The molecule has 0 N–H and O–H groups in total. The van der Waals surface area contributed by atoms with Crippen LogP contribution in [-0.2, 0) is 13.1 Å². The molecule has 2 aromatic heterocycles. The molecule has 1 fully saturated rings. The van der Waals surface area contributed by atoms with Crippen LogP contribution < -0.4 is 0 Å². The Labute approximate surface area is 154 Å². The summed E-state index contributed by atoms with van der Waals surface area (Å²) in [6.07, 6.45) is 4.12. The fourth-order valence-electron chi connectivity index (χ4n) is 3.80. The van der Waals surface area contributed by atoms with Crippen LogP contribution in [0.15, 0.2) is 54.9 Å². The molecule has 4 heteroatoms. The predicted octanol–water partition coefficient (Wildman–Crippen LogP) is 3.44. The second-order valence-electron chi connectivity index (χ2n) is 7.11. The second-order valence-corrected chi connectivity index (χ2v) is 7.11. The normalized spacial score (nSPS) is 16.0. The lowest BCUT2D eigenvalue weighted by Crippen LogP contribution is -2.45. The fourth-order valence-corrected chi connectivity index (χ4v) is 3.80. The number of benzene rings is 1. The van der Waals surface area contributed by atoms with E-state index in [2.05, 4.69) is 57.7 Å². The van der Waals surface area contributed by atoms with Crippen molar-refractivity contribution in [3.8, 4) is 6.07 Å². The highest BCUT2D eigenvalue weighted by Gasteiger charge is 2.20. The number of hydrogen-bond acceptors (Lipinski definition) is 3. The van der Waals surface area contributed by atoms with Gasteiger partial charge in [0.05, 0.1) is 11.1 Å². The molecule has 26 heavy (non-hydrogen) atoms. The van der Waals surface area contributed by atoms with E-state index in [0.717, 1.165) is 55.9 Å². The molecular weight excluding hydrogens is 320 g/mol. The Bertz CT molecular complexity index is 942. The summed E-state index contributed by atoms with van der Waals surface area (Å²) in [6.45, 7) is 8.30. The van der Waals surface area contributed by atoms with Crippen LogP contribution in [0.5, 0.6) is 0 Å². The highest BCUT2D eigenvalue weighted by atomic mass is 15.3. The van der Waals surface area contributed by atoms with Crippen LogP contribution in [0.3, 0.4) is 0 Å². The summed E-state index contributed by atoms with van der Waals surface area (Å²) in [5.41, 5.74) is 5.74. The summed E-state index contributed by atoms with van der Waals surface area (Å²) in [5, 5.41) is 9.58. The molecule has 0 spiro atoms. The van der Waals surface area contributed by atoms with Crippen LogP contribution in [0.25, 0.3) is 5.52 Å². The number of aryl methyl sites for hydroxylation is 1. The third kappa shape index (κ3) is 3.37. The number of fused-ring (bicyclic) bond motifs is 1. The molecule has 4 nitrogen and oxygen atoms in total. The van der Waals surface area contributed by atoms with Crippen LogP contribution in [0.1, 0.15) is 22.3 Å². The highest BCUT2D eigenvalue weighted by Crippen LogP contribution is 2.20. The summed E-state index contributed by atoms with van der Waals surface area (Å²) < 4.78 is 2.06. The lowest BCUT2D eigenvalue weighted by atomic mass is 10.1. The van der Waals surface area contributed by atoms with E-state index < -0.39 is 0 Å². The van der Waals surface area contributed by atoms with Crippen molar-refractivity contribution in [2.24, 2.45) is 0 Å². The van der Waals surface area contributed by atoms with Gasteiger partial charge < -0.3 is 4.40 Å². The van der Waals surface area contributed by atoms with Gasteiger partial charge in [0.25, 0.3) is 0 Å². The minimum absolute atomic E-state index is 0.813. The molecule has 132 valence electrons. The van der Waals surface area contributed by atoms with Crippen molar-refractivity contribution in [2.75, 3.05) is 26.2 Å². The van der Waals surface area contributed by atoms with Crippen LogP contribution in [-0.4, -0.2) is 40.4 Å². The van der Waals surface area contributed by atoms with E-state index in [0.29, 0.717) is 0 Å². The first-order chi connectivity index (χ1) is 12.7. The first-order valence-electron chi connectivity index (χ1n) is 9.22. The second kappa shape index (κ2) is 7.33. The van der Waals surface area contributed by atoms with E-state index in [9.17, 15) is 5.26 Å². The maximum Gasteiger partial charge on any atom is 0.102 e. The molecule has 1 aromatic carbocycles. The Balaban J connectivity index is 1.40. The van der Waals surface area contributed by atoms with Gasteiger partial charge in [-0.1, -0.05) is 30.3 Å². The lowest BCUT2D eigenvalue weighted by Gasteiger charge is -2.34. The summed E-state index contributed by atoms with van der Waals surface area (Å²) >= 11 is 0. The molecule has 1 saturated heterocycles. The van der Waals surface area contributed by atoms with Gasteiger partial charge in [-0.25, -0.2) is 0 Å². The molecule has 0 unspecified atom stereocenters. The minimum Gasteiger partial charge on any atom is -0.322 e. The average molecular weight is 344 g/mol. The van der Waals surface area contributed by atoms with Gasteiger partial charge in [0.1, 0.15) is 6.07 Å². The summed E-state index contributed by atoms with van der Waals surface area (Å²) in [5.74, 6) is 0. The van der Waals surface area contributed by atoms with E-state index in [4.69, 9.17) is 0 Å². The molecule has 0 amide bonds. The van der Waals surface area contributed by atoms with E-state index in [1.165, 1.54) is 11.1 Å². The maximum absolute atomic E-state index is 9.58. The Kier molecular flexibility index (Phi) is 4.75. The van der Waals surface area contributed by atoms with Gasteiger partial charge in [-0.3, -0.25) is 9.80 Å². The smallest absolute Gasteiger partial charge is 0.102 e. The number of pyridine rings is 1. The standard InChI is InChI=1S/C22H24N4/c1-18-6-2-3-7-19(18)15-24-10-12-25(13-11-24)16-20-17-26-9-5-4-8-22(26)21(20)14-23/h2-9,17H,10-13,15-16H2,1H3. The lowest BCUT2D eigenvalue weighted by molar-refractivity contribution is 0.122. The Morgan fingerprint density at radius 2 is 1.54 bits per heavy atom. The van der Waals surface area contributed by atoms with Gasteiger partial charge in [0, 0.05) is 57.2 Å². The molecule has 1 aliphatic heterocycles. The number of hydrogen-bond donors (Lipinski definition) is 0. The number of rotatable bonds is 4. The summed E-state index contributed by atoms with van der Waals surface area (Å²) in [7, 11) is 0. The molecule has 3 aromatic rings. The molecular formula is C22H24N4. The molecule has 4 rings (SSSR count). The number of piperazine rings is 1. The molecule has 0 saturated carbocycles. The monoisotopic (exact) mass is 344 g/mol. The topological polar surface area (TPSA) is 34.7 Å². The molecule has 1 aliphatic rings. The van der Waals surface area contributed by atoms with Crippen molar-refractivity contribution in [1.82, 2.24) is 14.2 Å². The van der Waals surface area contributed by atoms with Crippen LogP contribution in [0, 0.1) is 18.3 Å². The third-order valence-electron chi connectivity index (χ3n) is 5.39. The zero-order chi connectivity index (χ0) is 17.9. The van der Waals surface area contributed by atoms with Crippen LogP contribution in [0.2, 0.25) is 0 Å².